The number of fused-ring (bicyclic) bond motifs is 1. The molecular formula is C18H18N2O3S. The number of benzene rings is 2. The number of nitrogens with zero attached hydrogens (tertiary/aromatic N) is 1. The monoisotopic (exact) mass is 342 g/mol. The smallest absolute Gasteiger partial charge is 0.217 e. The Labute approximate surface area is 143 Å². The second-order valence-corrected chi connectivity index (χ2v) is 6.62. The highest BCUT2D eigenvalue weighted by Crippen LogP contribution is 2.29. The molecule has 0 aliphatic heterocycles. The van der Waals surface area contributed by atoms with Crippen LogP contribution in [0.25, 0.3) is 10.2 Å². The Kier molecular flexibility index (Phi) is 4.66. The van der Waals surface area contributed by atoms with Crippen molar-refractivity contribution in [3.05, 3.63) is 53.0 Å². The highest BCUT2D eigenvalue weighted by Gasteiger charge is 2.12. The quantitative estimate of drug-likeness (QED) is 0.740. The fourth-order valence-corrected chi connectivity index (χ4v) is 3.28. The Morgan fingerprint density at radius 3 is 2.75 bits per heavy atom. The van der Waals surface area contributed by atoms with E-state index in [-0.39, 0.29) is 17.7 Å². The molecule has 1 unspecified atom stereocenters. The van der Waals surface area contributed by atoms with Gasteiger partial charge in [-0.3, -0.25) is 4.79 Å². The van der Waals surface area contributed by atoms with Crippen molar-refractivity contribution < 1.29 is 14.6 Å². The van der Waals surface area contributed by atoms with Crippen LogP contribution in [0, 0.1) is 0 Å². The number of hydrogen-bond donors (Lipinski definition) is 2. The van der Waals surface area contributed by atoms with Crippen molar-refractivity contribution >= 4 is 27.5 Å². The molecule has 1 heterocycles. The highest BCUT2D eigenvalue weighted by molar-refractivity contribution is 7.18. The van der Waals surface area contributed by atoms with Crippen LogP contribution in [0.2, 0.25) is 0 Å². The summed E-state index contributed by atoms with van der Waals surface area (Å²) >= 11 is 1.56. The maximum atomic E-state index is 11.2. The predicted molar refractivity (Wildman–Crippen MR) is 94.3 cm³/mol. The summed E-state index contributed by atoms with van der Waals surface area (Å²) in [5.74, 6) is 0.905. The van der Waals surface area contributed by atoms with Crippen molar-refractivity contribution in [1.82, 2.24) is 10.3 Å². The zero-order valence-corrected chi connectivity index (χ0v) is 14.3. The minimum atomic E-state index is -0.110. The third kappa shape index (κ3) is 3.83. The van der Waals surface area contributed by atoms with E-state index in [0.29, 0.717) is 6.61 Å². The van der Waals surface area contributed by atoms with Crippen LogP contribution < -0.4 is 10.1 Å². The number of nitrogens with one attached hydrogen (secondary N) is 1. The lowest BCUT2D eigenvalue weighted by Gasteiger charge is -2.07. The average molecular weight is 342 g/mol. The van der Waals surface area contributed by atoms with Crippen LogP contribution in [0.3, 0.4) is 0 Å². The van der Waals surface area contributed by atoms with Gasteiger partial charge in [0.05, 0.1) is 16.3 Å². The lowest BCUT2D eigenvalue weighted by atomic mass is 10.2. The van der Waals surface area contributed by atoms with E-state index < -0.39 is 0 Å². The lowest BCUT2D eigenvalue weighted by molar-refractivity contribution is -0.119. The van der Waals surface area contributed by atoms with Crippen LogP contribution >= 0.6 is 11.3 Å². The van der Waals surface area contributed by atoms with Crippen molar-refractivity contribution in [2.75, 3.05) is 0 Å². The second-order valence-electron chi connectivity index (χ2n) is 5.56. The topological polar surface area (TPSA) is 71.5 Å². The number of hydrogen-bond acceptors (Lipinski definition) is 5. The van der Waals surface area contributed by atoms with Gasteiger partial charge < -0.3 is 15.2 Å². The number of amides is 1. The molecule has 0 fully saturated rings. The Morgan fingerprint density at radius 2 is 2.04 bits per heavy atom. The molecule has 0 spiro atoms. The number of phenolic OH excluding ortho intramolecular Hbond substituents is 1. The number of thiazole rings is 1. The van der Waals surface area contributed by atoms with Crippen LogP contribution in [-0.2, 0) is 11.4 Å². The molecule has 3 aromatic rings. The van der Waals surface area contributed by atoms with E-state index in [1.165, 1.54) is 6.92 Å². The molecule has 124 valence electrons. The van der Waals surface area contributed by atoms with E-state index >= 15 is 0 Å². The van der Waals surface area contributed by atoms with Gasteiger partial charge in [0.25, 0.3) is 0 Å². The van der Waals surface area contributed by atoms with Crippen LogP contribution in [0.15, 0.2) is 42.5 Å². The van der Waals surface area contributed by atoms with Crippen LogP contribution in [0.4, 0.5) is 0 Å². The van der Waals surface area contributed by atoms with Gasteiger partial charge in [-0.1, -0.05) is 12.1 Å². The summed E-state index contributed by atoms with van der Waals surface area (Å²) in [6.45, 7) is 3.84. The van der Waals surface area contributed by atoms with Gasteiger partial charge in [0.2, 0.25) is 5.91 Å². The fourth-order valence-electron chi connectivity index (χ4n) is 2.33. The Hall–Kier alpha value is -2.60. The molecule has 0 aliphatic carbocycles. The summed E-state index contributed by atoms with van der Waals surface area (Å²) in [4.78, 5) is 15.8. The van der Waals surface area contributed by atoms with Gasteiger partial charge in [-0.05, 0) is 36.8 Å². The van der Waals surface area contributed by atoms with Gasteiger partial charge in [-0.2, -0.15) is 0 Å². The van der Waals surface area contributed by atoms with E-state index in [4.69, 9.17) is 4.74 Å². The first-order valence-corrected chi connectivity index (χ1v) is 8.41. The molecule has 0 aliphatic rings. The number of carbonyl (C=O) groups excluding carboxylic acids is 1. The first kappa shape index (κ1) is 16.3. The molecule has 0 saturated carbocycles. The third-order valence-corrected chi connectivity index (χ3v) is 4.73. The zero-order valence-electron chi connectivity index (χ0n) is 13.4. The van der Waals surface area contributed by atoms with Gasteiger partial charge in [-0.25, -0.2) is 4.98 Å². The van der Waals surface area contributed by atoms with Crippen molar-refractivity contribution in [3.8, 4) is 11.5 Å². The number of aromatic hydroxyl groups is 1. The number of ether oxygens (including phenoxy) is 1. The van der Waals surface area contributed by atoms with Crippen LogP contribution in [-0.4, -0.2) is 16.0 Å². The summed E-state index contributed by atoms with van der Waals surface area (Å²) < 4.78 is 6.84. The molecule has 24 heavy (non-hydrogen) atoms. The molecule has 6 heteroatoms. The summed E-state index contributed by atoms with van der Waals surface area (Å²) in [7, 11) is 0. The minimum Gasteiger partial charge on any atom is -0.508 e. The Bertz CT molecular complexity index is 858. The van der Waals surface area contributed by atoms with Crippen LogP contribution in [0.1, 0.15) is 30.5 Å². The molecule has 0 saturated heterocycles. The summed E-state index contributed by atoms with van der Waals surface area (Å²) in [5, 5.41) is 13.0. The minimum absolute atomic E-state index is 0.0697. The largest absolute Gasteiger partial charge is 0.508 e. The van der Waals surface area contributed by atoms with E-state index in [0.717, 1.165) is 26.5 Å². The van der Waals surface area contributed by atoms with Gasteiger partial charge >= 0.3 is 0 Å². The highest BCUT2D eigenvalue weighted by atomic mass is 32.1. The summed E-state index contributed by atoms with van der Waals surface area (Å²) in [5.41, 5.74) is 1.83. The molecule has 0 radical (unpaired) electrons. The first-order valence-electron chi connectivity index (χ1n) is 7.59. The molecule has 2 aromatic carbocycles. The maximum absolute atomic E-state index is 11.2. The molecule has 5 nitrogen and oxygen atoms in total. The summed E-state index contributed by atoms with van der Waals surface area (Å²) in [6, 6.07) is 12.6. The normalized spacial score (nSPS) is 12.1. The van der Waals surface area contributed by atoms with Crippen molar-refractivity contribution in [2.24, 2.45) is 0 Å². The molecule has 1 atom stereocenters. The van der Waals surface area contributed by atoms with Gasteiger partial charge in [-0.15, -0.1) is 11.3 Å². The number of carbonyl (C=O) groups is 1. The molecule has 2 N–H and O–H groups in total. The van der Waals surface area contributed by atoms with Crippen molar-refractivity contribution in [1.29, 1.82) is 0 Å². The third-order valence-electron chi connectivity index (χ3n) is 3.51. The van der Waals surface area contributed by atoms with Gasteiger partial charge in [0, 0.05) is 13.0 Å². The Morgan fingerprint density at radius 1 is 1.29 bits per heavy atom. The first-order chi connectivity index (χ1) is 11.5. The molecular weight excluding hydrogens is 324 g/mol. The lowest BCUT2D eigenvalue weighted by Crippen LogP contribution is -2.23. The summed E-state index contributed by atoms with van der Waals surface area (Å²) in [6.07, 6.45) is 0. The average Bonchev–Trinajstić information content (AvgIpc) is 2.97. The van der Waals surface area contributed by atoms with E-state index in [1.807, 2.05) is 37.3 Å². The molecule has 3 rings (SSSR count). The SMILES string of the molecule is CC(=O)NC(C)c1nc2cc(OCc3ccc(O)cc3)ccc2s1. The predicted octanol–water partition coefficient (Wildman–Crippen LogP) is 3.78. The van der Waals surface area contributed by atoms with Crippen molar-refractivity contribution in [2.45, 2.75) is 26.5 Å². The van der Waals surface area contributed by atoms with Crippen molar-refractivity contribution in [3.63, 3.8) is 0 Å². The molecule has 1 aromatic heterocycles. The fraction of sp³-hybridized carbons (Fsp3) is 0.222. The number of phenols is 1. The van der Waals surface area contributed by atoms with E-state index in [9.17, 15) is 9.90 Å². The zero-order chi connectivity index (χ0) is 17.1. The van der Waals surface area contributed by atoms with Crippen LogP contribution in [0.5, 0.6) is 11.5 Å². The van der Waals surface area contributed by atoms with Gasteiger partial charge in [0.1, 0.15) is 23.1 Å². The number of aromatic nitrogens is 1. The number of rotatable bonds is 5. The van der Waals surface area contributed by atoms with Gasteiger partial charge in [0.15, 0.2) is 0 Å². The standard InChI is InChI=1S/C18H18N2O3S/c1-11(19-12(2)21)18-20-16-9-15(7-8-17(16)24-18)23-10-13-3-5-14(22)6-4-13/h3-9,11,22H,10H2,1-2H3,(H,19,21). The molecule has 1 amide bonds. The maximum Gasteiger partial charge on any atom is 0.217 e. The molecule has 0 bridgehead atoms. The Balaban J connectivity index is 1.73. The second kappa shape index (κ2) is 6.88. The van der Waals surface area contributed by atoms with E-state index in [1.54, 1.807) is 23.5 Å². The van der Waals surface area contributed by atoms with E-state index in [2.05, 4.69) is 10.3 Å².